The normalized spacial score (nSPS) is 16.3. The molecule has 1 N–H and O–H groups in total. The number of halogens is 3. The maximum Gasteiger partial charge on any atom is 0.416 e. The Morgan fingerprint density at radius 1 is 1.11 bits per heavy atom. The number of ether oxygens (including phenoxy) is 1. The smallest absolute Gasteiger partial charge is 0.416 e. The topological polar surface area (TPSA) is 96.1 Å². The molecule has 11 heteroatoms. The molecule has 0 radical (unpaired) electrons. The monoisotopic (exact) mass is 500 g/mol. The van der Waals surface area contributed by atoms with E-state index in [4.69, 9.17) is 9.15 Å². The molecule has 0 saturated carbocycles. The van der Waals surface area contributed by atoms with E-state index < -0.39 is 23.1 Å². The Morgan fingerprint density at radius 2 is 1.94 bits per heavy atom. The second-order valence-corrected chi connectivity index (χ2v) is 9.12. The maximum atomic E-state index is 13.5. The van der Waals surface area contributed by atoms with Gasteiger partial charge in [-0.25, -0.2) is 15.0 Å². The van der Waals surface area contributed by atoms with Crippen LogP contribution in [0.4, 0.5) is 19.0 Å². The Balaban J connectivity index is 1.51. The number of hydrogen-bond donors (Lipinski definition) is 1. The maximum absolute atomic E-state index is 13.5. The summed E-state index contributed by atoms with van der Waals surface area (Å²) in [5, 5.41) is 0. The van der Waals surface area contributed by atoms with E-state index >= 15 is 0 Å². The molecule has 0 aliphatic carbocycles. The van der Waals surface area contributed by atoms with Crippen molar-refractivity contribution in [2.75, 3.05) is 11.3 Å². The van der Waals surface area contributed by atoms with Crippen LogP contribution in [0.15, 0.2) is 70.6 Å². The van der Waals surface area contributed by atoms with Gasteiger partial charge in [-0.1, -0.05) is 6.07 Å². The van der Waals surface area contributed by atoms with Gasteiger partial charge < -0.3 is 13.7 Å². The van der Waals surface area contributed by atoms with Crippen molar-refractivity contribution in [3.63, 3.8) is 0 Å². The highest BCUT2D eigenvalue weighted by Crippen LogP contribution is 2.44. The molecule has 0 saturated heterocycles. The van der Waals surface area contributed by atoms with Crippen molar-refractivity contribution in [3.05, 3.63) is 83.8 Å². The molecule has 2 aromatic carbocycles. The number of aryl methyl sites for hydroxylation is 1. The van der Waals surface area contributed by atoms with Crippen molar-refractivity contribution in [3.8, 4) is 17.0 Å². The van der Waals surface area contributed by atoms with E-state index in [1.165, 1.54) is 24.9 Å². The van der Waals surface area contributed by atoms with Crippen LogP contribution in [0.3, 0.4) is 0 Å². The van der Waals surface area contributed by atoms with Gasteiger partial charge in [-0.3, -0.25) is 0 Å². The van der Waals surface area contributed by atoms with E-state index in [2.05, 4.69) is 19.7 Å². The van der Waals surface area contributed by atoms with Crippen LogP contribution in [0.25, 0.3) is 11.3 Å². The molecular formula is C24H19F3N4O3S. The summed E-state index contributed by atoms with van der Waals surface area (Å²) in [6.45, 7) is 1.99. The summed E-state index contributed by atoms with van der Waals surface area (Å²) < 4.78 is 67.1. The molecule has 5 rings (SSSR count). The summed E-state index contributed by atoms with van der Waals surface area (Å²) in [5.74, 6) is 1.05. The largest absolute Gasteiger partial charge is 0.588 e. The Hall–Kier alpha value is -3.57. The Morgan fingerprint density at radius 3 is 2.66 bits per heavy atom. The number of hydrogen-bond acceptors (Lipinski definition) is 7. The Kier molecular flexibility index (Phi) is 6.12. The first-order chi connectivity index (χ1) is 16.8. The predicted octanol–water partition coefficient (Wildman–Crippen LogP) is 5.51. The molecule has 3 heterocycles. The lowest BCUT2D eigenvalue weighted by Crippen LogP contribution is -2.18. The average molecular weight is 501 g/mol. The fourth-order valence-electron chi connectivity index (χ4n) is 4.06. The number of nitrogens with zero attached hydrogens (tertiary/aromatic N) is 3. The zero-order chi connectivity index (χ0) is 24.6. The average Bonchev–Trinajstić information content (AvgIpc) is 3.29. The van der Waals surface area contributed by atoms with Crippen molar-refractivity contribution >= 4 is 17.2 Å². The van der Waals surface area contributed by atoms with Crippen LogP contribution in [0.1, 0.15) is 34.9 Å². The van der Waals surface area contributed by atoms with E-state index in [1.54, 1.807) is 31.2 Å². The highest BCUT2D eigenvalue weighted by atomic mass is 32.2. The van der Waals surface area contributed by atoms with Gasteiger partial charge in [0.05, 0.1) is 12.2 Å². The summed E-state index contributed by atoms with van der Waals surface area (Å²) in [6.07, 6.45) is 0.307. The number of nitrogens with one attached hydrogen (secondary N) is 1. The molecule has 2 unspecified atom stereocenters. The van der Waals surface area contributed by atoms with Crippen molar-refractivity contribution < 1.29 is 26.9 Å². The van der Waals surface area contributed by atoms with Gasteiger partial charge in [0, 0.05) is 42.3 Å². The minimum absolute atomic E-state index is 0.245. The highest BCUT2D eigenvalue weighted by molar-refractivity contribution is 7.92. The third-order valence-corrected chi connectivity index (χ3v) is 6.75. The Labute approximate surface area is 201 Å². The quantitative estimate of drug-likeness (QED) is 0.361. The van der Waals surface area contributed by atoms with Crippen LogP contribution >= 0.6 is 0 Å². The van der Waals surface area contributed by atoms with Crippen molar-refractivity contribution in [2.24, 2.45) is 0 Å². The van der Waals surface area contributed by atoms with Crippen molar-refractivity contribution in [1.82, 2.24) is 15.0 Å². The second kappa shape index (κ2) is 9.23. The molecule has 0 bridgehead atoms. The summed E-state index contributed by atoms with van der Waals surface area (Å²) >= 11 is -1.60. The minimum atomic E-state index is -4.49. The highest BCUT2D eigenvalue weighted by Gasteiger charge is 2.34. The fourth-order valence-corrected chi connectivity index (χ4v) is 4.89. The van der Waals surface area contributed by atoms with Gasteiger partial charge in [-0.2, -0.15) is 17.9 Å². The second-order valence-electron chi connectivity index (χ2n) is 7.91. The van der Waals surface area contributed by atoms with Gasteiger partial charge in [-0.05, 0) is 36.2 Å². The number of alkyl halides is 3. The summed E-state index contributed by atoms with van der Waals surface area (Å²) in [5.41, 5.74) is 1.41. The molecule has 180 valence electrons. The van der Waals surface area contributed by atoms with Gasteiger partial charge in [0.15, 0.2) is 16.6 Å². The SMILES string of the molecule is Cc1nc(-c2cc(C(F)(F)F)ccc2C2CCOc3cc([S+]([O-])Nc4ccncn4)ccc32)co1. The molecule has 2 atom stereocenters. The zero-order valence-electron chi connectivity index (χ0n) is 18.4. The van der Waals surface area contributed by atoms with Gasteiger partial charge >= 0.3 is 6.18 Å². The van der Waals surface area contributed by atoms with Gasteiger partial charge in [-0.15, -0.1) is 0 Å². The van der Waals surface area contributed by atoms with E-state index in [-0.39, 0.29) is 5.92 Å². The zero-order valence-corrected chi connectivity index (χ0v) is 19.2. The molecule has 35 heavy (non-hydrogen) atoms. The summed E-state index contributed by atoms with van der Waals surface area (Å²) in [4.78, 5) is 12.6. The van der Waals surface area contributed by atoms with Gasteiger partial charge in [0.1, 0.15) is 35.4 Å². The van der Waals surface area contributed by atoms with Crippen LogP contribution in [0.2, 0.25) is 0 Å². The van der Waals surface area contributed by atoms with Crippen molar-refractivity contribution in [2.45, 2.75) is 30.3 Å². The van der Waals surface area contributed by atoms with Crippen LogP contribution < -0.4 is 9.46 Å². The first kappa shape index (κ1) is 23.2. The third-order valence-electron chi connectivity index (χ3n) is 5.67. The molecular weight excluding hydrogens is 481 g/mol. The number of anilines is 1. The molecule has 2 aromatic heterocycles. The molecule has 0 amide bonds. The number of aromatic nitrogens is 3. The summed E-state index contributed by atoms with van der Waals surface area (Å²) in [6, 6.07) is 10.5. The van der Waals surface area contributed by atoms with Gasteiger partial charge in [0.25, 0.3) is 0 Å². The number of oxazole rings is 1. The van der Waals surface area contributed by atoms with E-state index in [9.17, 15) is 17.7 Å². The number of fused-ring (bicyclic) bond motifs is 1. The Bertz CT molecular complexity index is 1350. The number of benzene rings is 2. The lowest BCUT2D eigenvalue weighted by atomic mass is 9.83. The number of rotatable bonds is 5. The molecule has 0 fully saturated rings. The van der Waals surface area contributed by atoms with Crippen LogP contribution in [-0.4, -0.2) is 26.1 Å². The minimum Gasteiger partial charge on any atom is -0.588 e. The lowest BCUT2D eigenvalue weighted by Gasteiger charge is -2.28. The van der Waals surface area contributed by atoms with Crippen LogP contribution in [-0.2, 0) is 17.5 Å². The van der Waals surface area contributed by atoms with Crippen molar-refractivity contribution in [1.29, 1.82) is 0 Å². The predicted molar refractivity (Wildman–Crippen MR) is 122 cm³/mol. The van der Waals surface area contributed by atoms with E-state index in [0.717, 1.165) is 17.7 Å². The molecule has 0 spiro atoms. The van der Waals surface area contributed by atoms with E-state index in [1.807, 2.05) is 0 Å². The molecule has 4 aromatic rings. The fraction of sp³-hybridized carbons (Fsp3) is 0.208. The van der Waals surface area contributed by atoms with E-state index in [0.29, 0.717) is 52.2 Å². The molecule has 1 aliphatic heterocycles. The molecule has 7 nitrogen and oxygen atoms in total. The van der Waals surface area contributed by atoms with Crippen LogP contribution in [0, 0.1) is 6.92 Å². The first-order valence-electron chi connectivity index (χ1n) is 10.6. The molecule has 1 aliphatic rings. The third kappa shape index (κ3) is 4.82. The van der Waals surface area contributed by atoms with Crippen LogP contribution in [0.5, 0.6) is 5.75 Å². The summed E-state index contributed by atoms with van der Waals surface area (Å²) in [7, 11) is 0. The standard InChI is InChI=1S/C24H19F3N4O3S/c1-14-30-21(12-34-14)20-10-15(24(25,26)27)2-4-17(20)18-7-9-33-22-11-16(3-5-19(18)22)35(32)31-23-6-8-28-13-29-23/h2-6,8,10-13,18H,7,9H2,1H3,(H,28,29,31). The first-order valence-corrected chi connectivity index (χ1v) is 11.8. The van der Waals surface area contributed by atoms with Gasteiger partial charge in [0.2, 0.25) is 0 Å². The lowest BCUT2D eigenvalue weighted by molar-refractivity contribution is -0.137.